The minimum atomic E-state index is -0.460. The van der Waals surface area contributed by atoms with E-state index in [1.165, 1.54) is 5.56 Å². The molecule has 0 aliphatic carbocycles. The van der Waals surface area contributed by atoms with E-state index in [1.54, 1.807) is 6.92 Å². The smallest absolute Gasteiger partial charge is 0.127 e. The fraction of sp³-hybridized carbons (Fsp3) is 0.571. The minimum Gasteiger partial charge on any atom is -0.491 e. The SMILES string of the molecule is CCCNC1COc2cc(OCC(C)O)ccc21. The van der Waals surface area contributed by atoms with Crippen LogP contribution in [0.2, 0.25) is 0 Å². The topological polar surface area (TPSA) is 50.7 Å². The second kappa shape index (κ2) is 6.07. The Morgan fingerprint density at radius 1 is 1.56 bits per heavy atom. The lowest BCUT2D eigenvalue weighted by Crippen LogP contribution is -2.22. The van der Waals surface area contributed by atoms with Crippen molar-refractivity contribution < 1.29 is 14.6 Å². The predicted octanol–water partition coefficient (Wildman–Crippen LogP) is 1.88. The van der Waals surface area contributed by atoms with Crippen molar-refractivity contribution in [2.75, 3.05) is 19.8 Å². The molecule has 1 heterocycles. The molecule has 0 amide bonds. The first kappa shape index (κ1) is 13.2. The third-order valence-electron chi connectivity index (χ3n) is 2.90. The van der Waals surface area contributed by atoms with E-state index in [-0.39, 0.29) is 6.04 Å². The van der Waals surface area contributed by atoms with Crippen LogP contribution in [0.15, 0.2) is 18.2 Å². The van der Waals surface area contributed by atoms with E-state index in [0.717, 1.165) is 24.5 Å². The van der Waals surface area contributed by atoms with Crippen molar-refractivity contribution in [1.29, 1.82) is 0 Å². The van der Waals surface area contributed by atoms with Gasteiger partial charge in [0.2, 0.25) is 0 Å². The highest BCUT2D eigenvalue weighted by atomic mass is 16.5. The van der Waals surface area contributed by atoms with Crippen molar-refractivity contribution in [3.63, 3.8) is 0 Å². The molecule has 1 aromatic rings. The fourth-order valence-corrected chi connectivity index (χ4v) is 1.98. The molecule has 2 atom stereocenters. The van der Waals surface area contributed by atoms with Crippen LogP contribution >= 0.6 is 0 Å². The summed E-state index contributed by atoms with van der Waals surface area (Å²) in [6.45, 7) is 5.82. The van der Waals surface area contributed by atoms with E-state index in [4.69, 9.17) is 9.47 Å². The van der Waals surface area contributed by atoms with Gasteiger partial charge in [-0.2, -0.15) is 0 Å². The lowest BCUT2D eigenvalue weighted by atomic mass is 10.1. The zero-order valence-electron chi connectivity index (χ0n) is 11.0. The van der Waals surface area contributed by atoms with Gasteiger partial charge in [0.05, 0.1) is 12.1 Å². The van der Waals surface area contributed by atoms with Gasteiger partial charge in [0, 0.05) is 11.6 Å². The third-order valence-corrected chi connectivity index (χ3v) is 2.90. The number of rotatable bonds is 6. The Hall–Kier alpha value is -1.26. The van der Waals surface area contributed by atoms with Crippen LogP contribution in [0.25, 0.3) is 0 Å². The van der Waals surface area contributed by atoms with Gasteiger partial charge in [-0.3, -0.25) is 0 Å². The average molecular weight is 251 g/mol. The van der Waals surface area contributed by atoms with Gasteiger partial charge in [0.25, 0.3) is 0 Å². The summed E-state index contributed by atoms with van der Waals surface area (Å²) in [6, 6.07) is 6.14. The second-order valence-electron chi connectivity index (χ2n) is 4.68. The first-order valence-electron chi connectivity index (χ1n) is 6.51. The Kier molecular flexibility index (Phi) is 4.44. The van der Waals surface area contributed by atoms with Crippen molar-refractivity contribution in [3.05, 3.63) is 23.8 Å². The average Bonchev–Trinajstić information content (AvgIpc) is 2.76. The third kappa shape index (κ3) is 3.15. The van der Waals surface area contributed by atoms with Gasteiger partial charge in [-0.25, -0.2) is 0 Å². The highest BCUT2D eigenvalue weighted by Gasteiger charge is 2.23. The number of nitrogens with one attached hydrogen (secondary N) is 1. The lowest BCUT2D eigenvalue weighted by Gasteiger charge is -2.11. The first-order valence-corrected chi connectivity index (χ1v) is 6.51. The monoisotopic (exact) mass is 251 g/mol. The van der Waals surface area contributed by atoms with Crippen LogP contribution < -0.4 is 14.8 Å². The van der Waals surface area contributed by atoms with Crippen molar-refractivity contribution >= 4 is 0 Å². The summed E-state index contributed by atoms with van der Waals surface area (Å²) in [5, 5.41) is 12.6. The molecule has 0 spiro atoms. The van der Waals surface area contributed by atoms with Crippen molar-refractivity contribution in [3.8, 4) is 11.5 Å². The van der Waals surface area contributed by atoms with Gasteiger partial charge in [-0.1, -0.05) is 6.92 Å². The summed E-state index contributed by atoms with van der Waals surface area (Å²) in [4.78, 5) is 0. The van der Waals surface area contributed by atoms with Gasteiger partial charge in [0.1, 0.15) is 24.7 Å². The van der Waals surface area contributed by atoms with Gasteiger partial charge in [-0.05, 0) is 32.0 Å². The molecule has 18 heavy (non-hydrogen) atoms. The maximum Gasteiger partial charge on any atom is 0.127 e. The van der Waals surface area contributed by atoms with Crippen molar-refractivity contribution in [2.24, 2.45) is 0 Å². The largest absolute Gasteiger partial charge is 0.491 e. The number of hydrogen-bond donors (Lipinski definition) is 2. The Balaban J connectivity index is 2.01. The number of benzene rings is 1. The summed E-state index contributed by atoms with van der Waals surface area (Å²) in [5.41, 5.74) is 1.19. The second-order valence-corrected chi connectivity index (χ2v) is 4.68. The van der Waals surface area contributed by atoms with Crippen molar-refractivity contribution in [1.82, 2.24) is 5.32 Å². The van der Waals surface area contributed by atoms with Crippen LogP contribution in [0.3, 0.4) is 0 Å². The van der Waals surface area contributed by atoms with Crippen LogP contribution in [0.4, 0.5) is 0 Å². The number of fused-ring (bicyclic) bond motifs is 1. The number of aliphatic hydroxyl groups is 1. The quantitative estimate of drug-likeness (QED) is 0.810. The number of ether oxygens (including phenoxy) is 2. The molecule has 2 rings (SSSR count). The summed E-state index contributed by atoms with van der Waals surface area (Å²) in [5.74, 6) is 1.62. The van der Waals surface area contributed by atoms with Gasteiger partial charge in [0.15, 0.2) is 0 Å². The first-order chi connectivity index (χ1) is 8.70. The Labute approximate surface area is 108 Å². The highest BCUT2D eigenvalue weighted by Crippen LogP contribution is 2.35. The Bertz CT molecular complexity index is 393. The zero-order chi connectivity index (χ0) is 13.0. The van der Waals surface area contributed by atoms with Crippen LogP contribution in [0.5, 0.6) is 11.5 Å². The summed E-state index contributed by atoms with van der Waals surface area (Å²) < 4.78 is 11.1. The normalized spacial score (nSPS) is 19.2. The molecule has 0 saturated carbocycles. The summed E-state index contributed by atoms with van der Waals surface area (Å²) in [6.07, 6.45) is 0.652. The van der Waals surface area contributed by atoms with E-state index in [2.05, 4.69) is 12.2 Å². The lowest BCUT2D eigenvalue weighted by molar-refractivity contribution is 0.122. The molecule has 1 aliphatic heterocycles. The zero-order valence-corrected chi connectivity index (χ0v) is 11.0. The standard InChI is InChI=1S/C14H21NO3/c1-3-6-15-13-9-18-14-7-11(4-5-12(13)14)17-8-10(2)16/h4-5,7,10,13,15-16H,3,6,8-9H2,1-2H3. The van der Waals surface area contributed by atoms with Crippen LogP contribution in [0, 0.1) is 0 Å². The molecule has 1 aromatic carbocycles. The van der Waals surface area contributed by atoms with E-state index in [0.29, 0.717) is 13.2 Å². The molecule has 2 N–H and O–H groups in total. The van der Waals surface area contributed by atoms with E-state index in [1.807, 2.05) is 18.2 Å². The minimum absolute atomic E-state index is 0.283. The maximum atomic E-state index is 9.18. The van der Waals surface area contributed by atoms with Crippen LogP contribution in [0.1, 0.15) is 31.9 Å². The van der Waals surface area contributed by atoms with Crippen molar-refractivity contribution in [2.45, 2.75) is 32.4 Å². The molecule has 1 aliphatic rings. The number of aliphatic hydroxyl groups excluding tert-OH is 1. The molecule has 0 bridgehead atoms. The molecule has 0 radical (unpaired) electrons. The molecular weight excluding hydrogens is 230 g/mol. The fourth-order valence-electron chi connectivity index (χ4n) is 1.98. The highest BCUT2D eigenvalue weighted by molar-refractivity contribution is 5.45. The van der Waals surface area contributed by atoms with Gasteiger partial charge < -0.3 is 19.9 Å². The molecule has 100 valence electrons. The molecule has 0 saturated heterocycles. The van der Waals surface area contributed by atoms with Crippen LogP contribution in [-0.4, -0.2) is 31.0 Å². The molecule has 4 heteroatoms. The maximum absolute atomic E-state index is 9.18. The van der Waals surface area contributed by atoms with Gasteiger partial charge in [-0.15, -0.1) is 0 Å². The molecule has 0 aromatic heterocycles. The van der Waals surface area contributed by atoms with E-state index < -0.39 is 6.10 Å². The van der Waals surface area contributed by atoms with Crippen LogP contribution in [-0.2, 0) is 0 Å². The van der Waals surface area contributed by atoms with E-state index >= 15 is 0 Å². The van der Waals surface area contributed by atoms with E-state index in [9.17, 15) is 5.11 Å². The number of hydrogen-bond acceptors (Lipinski definition) is 4. The summed E-state index contributed by atoms with van der Waals surface area (Å²) in [7, 11) is 0. The molecule has 4 nitrogen and oxygen atoms in total. The van der Waals surface area contributed by atoms with Gasteiger partial charge >= 0.3 is 0 Å². The molecule has 0 fully saturated rings. The molecule has 2 unspecified atom stereocenters. The Morgan fingerprint density at radius 3 is 3.11 bits per heavy atom. The Morgan fingerprint density at radius 2 is 2.39 bits per heavy atom. The predicted molar refractivity (Wildman–Crippen MR) is 70.1 cm³/mol. The molecular formula is C14H21NO3. The summed E-state index contributed by atoms with van der Waals surface area (Å²) >= 11 is 0.